The molecule has 1 aromatic heterocycles. The molecule has 5 nitrogen and oxygen atoms in total. The van der Waals surface area contributed by atoms with Gasteiger partial charge in [0.25, 0.3) is 5.91 Å². The zero-order valence-corrected chi connectivity index (χ0v) is 16.8. The first-order valence-electron chi connectivity index (χ1n) is 10.7. The number of amides is 1. The lowest BCUT2D eigenvalue weighted by Crippen LogP contribution is -2.47. The number of benzene rings is 2. The highest BCUT2D eigenvalue weighted by Gasteiger charge is 2.26. The van der Waals surface area contributed by atoms with Crippen molar-refractivity contribution in [3.05, 3.63) is 66.4 Å². The van der Waals surface area contributed by atoms with Gasteiger partial charge in [-0.1, -0.05) is 36.4 Å². The van der Waals surface area contributed by atoms with Crippen molar-refractivity contribution < 1.29 is 4.79 Å². The number of fused-ring (bicyclic) bond motifs is 3. The molecule has 3 aromatic rings. The lowest BCUT2D eigenvalue weighted by atomic mass is 10.2. The van der Waals surface area contributed by atoms with Crippen LogP contribution in [-0.4, -0.2) is 66.1 Å². The molecule has 0 spiro atoms. The molecule has 0 aliphatic carbocycles. The zero-order valence-electron chi connectivity index (χ0n) is 16.8. The van der Waals surface area contributed by atoms with Crippen molar-refractivity contribution in [3.63, 3.8) is 0 Å². The average Bonchev–Trinajstić information content (AvgIpc) is 3.16. The molecule has 1 saturated heterocycles. The van der Waals surface area contributed by atoms with Crippen molar-refractivity contribution in [2.45, 2.75) is 13.0 Å². The summed E-state index contributed by atoms with van der Waals surface area (Å²) in [6.07, 6.45) is 1.04. The molecular formula is C24H28N4O. The molecule has 0 radical (unpaired) electrons. The van der Waals surface area contributed by atoms with Crippen LogP contribution in [0.5, 0.6) is 0 Å². The fourth-order valence-electron chi connectivity index (χ4n) is 4.68. The van der Waals surface area contributed by atoms with Crippen LogP contribution in [0.4, 0.5) is 5.69 Å². The van der Waals surface area contributed by atoms with Crippen LogP contribution in [0.25, 0.3) is 10.9 Å². The molecule has 0 atom stereocenters. The molecule has 2 aliphatic rings. The highest BCUT2D eigenvalue weighted by atomic mass is 16.2. The number of rotatable bonds is 5. The van der Waals surface area contributed by atoms with Crippen LogP contribution in [0, 0.1) is 0 Å². The number of carbonyl (C=O) groups is 1. The number of hydrogen-bond donors (Lipinski definition) is 0. The fraction of sp³-hybridized carbons (Fsp3) is 0.375. The molecule has 0 N–H and O–H groups in total. The maximum absolute atomic E-state index is 13.0. The van der Waals surface area contributed by atoms with Crippen molar-refractivity contribution in [1.29, 1.82) is 0 Å². The number of aromatic nitrogens is 1. The summed E-state index contributed by atoms with van der Waals surface area (Å²) in [7, 11) is 0. The maximum atomic E-state index is 13.0. The SMILES string of the molecule is O=C1c2cc3ccccc3n2CCN1CCCN1CCN(c2ccccc2)CC1. The van der Waals surface area contributed by atoms with E-state index in [1.807, 2.05) is 23.1 Å². The first kappa shape index (κ1) is 18.3. The molecule has 0 unspecified atom stereocenters. The van der Waals surface area contributed by atoms with E-state index >= 15 is 0 Å². The Balaban J connectivity index is 1.13. The summed E-state index contributed by atoms with van der Waals surface area (Å²) in [4.78, 5) is 20.0. The van der Waals surface area contributed by atoms with Gasteiger partial charge in [-0.05, 0) is 37.2 Å². The van der Waals surface area contributed by atoms with Crippen LogP contribution in [0.15, 0.2) is 60.7 Å². The smallest absolute Gasteiger partial charge is 0.270 e. The second-order valence-corrected chi connectivity index (χ2v) is 8.05. The average molecular weight is 389 g/mol. The second kappa shape index (κ2) is 7.91. The van der Waals surface area contributed by atoms with Crippen LogP contribution in [-0.2, 0) is 6.54 Å². The Morgan fingerprint density at radius 3 is 2.34 bits per heavy atom. The third kappa shape index (κ3) is 3.62. The van der Waals surface area contributed by atoms with E-state index in [-0.39, 0.29) is 5.91 Å². The Morgan fingerprint density at radius 2 is 1.52 bits per heavy atom. The number of carbonyl (C=O) groups excluding carboxylic acids is 1. The largest absolute Gasteiger partial charge is 0.369 e. The summed E-state index contributed by atoms with van der Waals surface area (Å²) in [5.41, 5.74) is 3.34. The van der Waals surface area contributed by atoms with Gasteiger partial charge in [0, 0.05) is 62.4 Å². The standard InChI is InChI=1S/C24H28N4O/c29-24-23-19-20-7-4-5-10-22(20)28(23)18-17-27(24)12-6-11-25-13-15-26(16-14-25)21-8-2-1-3-9-21/h1-5,7-10,19H,6,11-18H2. The van der Waals surface area contributed by atoms with Gasteiger partial charge < -0.3 is 14.4 Å². The van der Waals surface area contributed by atoms with Gasteiger partial charge in [0.1, 0.15) is 5.69 Å². The Hall–Kier alpha value is -2.79. The van der Waals surface area contributed by atoms with E-state index in [0.29, 0.717) is 0 Å². The van der Waals surface area contributed by atoms with Gasteiger partial charge in [0.2, 0.25) is 0 Å². The Bertz CT molecular complexity index is 989. The normalized spacial score (nSPS) is 17.7. The molecule has 0 bridgehead atoms. The second-order valence-electron chi connectivity index (χ2n) is 8.05. The molecule has 5 rings (SSSR count). The van der Waals surface area contributed by atoms with Gasteiger partial charge >= 0.3 is 0 Å². The Labute approximate surface area is 172 Å². The molecule has 2 aromatic carbocycles. The van der Waals surface area contributed by atoms with E-state index in [1.165, 1.54) is 11.2 Å². The van der Waals surface area contributed by atoms with Crippen LogP contribution >= 0.6 is 0 Å². The number of piperazine rings is 1. The van der Waals surface area contributed by atoms with Crippen molar-refractivity contribution >= 4 is 22.5 Å². The Morgan fingerprint density at radius 1 is 0.759 bits per heavy atom. The lowest BCUT2D eigenvalue weighted by molar-refractivity contribution is 0.0698. The molecule has 150 valence electrons. The molecular weight excluding hydrogens is 360 g/mol. The first-order valence-corrected chi connectivity index (χ1v) is 10.7. The van der Waals surface area contributed by atoms with Gasteiger partial charge in [0.05, 0.1) is 0 Å². The minimum Gasteiger partial charge on any atom is -0.369 e. The maximum Gasteiger partial charge on any atom is 0.270 e. The fourth-order valence-corrected chi connectivity index (χ4v) is 4.68. The Kier molecular flexibility index (Phi) is 4.98. The summed E-state index contributed by atoms with van der Waals surface area (Å²) < 4.78 is 2.18. The molecule has 3 heterocycles. The highest BCUT2D eigenvalue weighted by Crippen LogP contribution is 2.24. The van der Waals surface area contributed by atoms with Crippen molar-refractivity contribution in [2.75, 3.05) is 50.7 Å². The van der Waals surface area contributed by atoms with E-state index in [2.05, 4.69) is 56.8 Å². The predicted octanol–water partition coefficient (Wildman–Crippen LogP) is 3.31. The van der Waals surface area contributed by atoms with Crippen LogP contribution in [0.2, 0.25) is 0 Å². The summed E-state index contributed by atoms with van der Waals surface area (Å²) >= 11 is 0. The predicted molar refractivity (Wildman–Crippen MR) is 118 cm³/mol. The van der Waals surface area contributed by atoms with Crippen LogP contribution < -0.4 is 4.90 Å². The molecule has 1 fully saturated rings. The van der Waals surface area contributed by atoms with Crippen molar-refractivity contribution in [3.8, 4) is 0 Å². The van der Waals surface area contributed by atoms with E-state index in [4.69, 9.17) is 0 Å². The topological polar surface area (TPSA) is 31.7 Å². The monoisotopic (exact) mass is 388 g/mol. The van der Waals surface area contributed by atoms with Crippen molar-refractivity contribution in [1.82, 2.24) is 14.4 Å². The summed E-state index contributed by atoms with van der Waals surface area (Å²) in [6, 6.07) is 21.0. The molecule has 0 saturated carbocycles. The minimum absolute atomic E-state index is 0.182. The summed E-state index contributed by atoms with van der Waals surface area (Å²) in [5, 5.41) is 1.16. The number of nitrogens with zero attached hydrogens (tertiary/aromatic N) is 4. The highest BCUT2D eigenvalue weighted by molar-refractivity contribution is 5.99. The minimum atomic E-state index is 0.182. The summed E-state index contributed by atoms with van der Waals surface area (Å²) in [5.74, 6) is 0.182. The molecule has 5 heteroatoms. The third-order valence-electron chi connectivity index (χ3n) is 6.31. The van der Waals surface area contributed by atoms with Gasteiger partial charge in [-0.3, -0.25) is 9.69 Å². The van der Waals surface area contributed by atoms with Gasteiger partial charge in [0.15, 0.2) is 0 Å². The quantitative estimate of drug-likeness (QED) is 0.672. The number of para-hydroxylation sites is 2. The molecule has 29 heavy (non-hydrogen) atoms. The van der Waals surface area contributed by atoms with Gasteiger partial charge in [-0.2, -0.15) is 0 Å². The van der Waals surface area contributed by atoms with Gasteiger partial charge in [-0.15, -0.1) is 0 Å². The van der Waals surface area contributed by atoms with Crippen molar-refractivity contribution in [2.24, 2.45) is 0 Å². The van der Waals surface area contributed by atoms with Gasteiger partial charge in [-0.25, -0.2) is 0 Å². The summed E-state index contributed by atoms with van der Waals surface area (Å²) in [6.45, 7) is 7.96. The van der Waals surface area contributed by atoms with E-state index in [9.17, 15) is 4.79 Å². The molecule has 2 aliphatic heterocycles. The zero-order chi connectivity index (χ0) is 19.6. The number of hydrogen-bond acceptors (Lipinski definition) is 3. The third-order valence-corrected chi connectivity index (χ3v) is 6.31. The first-order chi connectivity index (χ1) is 14.3. The van der Waals surface area contributed by atoms with E-state index in [0.717, 1.165) is 69.9 Å². The molecule has 1 amide bonds. The van der Waals surface area contributed by atoms with Crippen LogP contribution in [0.1, 0.15) is 16.9 Å². The lowest BCUT2D eigenvalue weighted by Gasteiger charge is -2.36. The van der Waals surface area contributed by atoms with E-state index < -0.39 is 0 Å². The number of anilines is 1. The van der Waals surface area contributed by atoms with Crippen LogP contribution in [0.3, 0.4) is 0 Å². The van der Waals surface area contributed by atoms with E-state index in [1.54, 1.807) is 0 Å².